The third kappa shape index (κ3) is 3.84. The Bertz CT molecular complexity index is 668. The lowest BCUT2D eigenvalue weighted by atomic mass is 9.88. The van der Waals surface area contributed by atoms with Gasteiger partial charge in [0.25, 0.3) is 0 Å². The Labute approximate surface area is 132 Å². The lowest BCUT2D eigenvalue weighted by Gasteiger charge is -2.14. The zero-order valence-corrected chi connectivity index (χ0v) is 12.4. The van der Waals surface area contributed by atoms with Crippen LogP contribution in [0.2, 0.25) is 10.0 Å². The summed E-state index contributed by atoms with van der Waals surface area (Å²) in [5.41, 5.74) is 1.01. The molecule has 0 amide bonds. The molecular weight excluding hydrogens is 311 g/mol. The molecule has 0 bridgehead atoms. The molecule has 0 fully saturated rings. The minimum Gasteiger partial charge on any atom is -0.481 e. The summed E-state index contributed by atoms with van der Waals surface area (Å²) < 4.78 is 0. The lowest BCUT2D eigenvalue weighted by Crippen LogP contribution is -2.17. The Balaban J connectivity index is 2.38. The standard InChI is InChI=1S/C16H12Cl2O3/c17-13-7-6-11(8-14(13)18)16(21)12(9-15(19)20)10-4-2-1-3-5-10/h1-8,12H,9H2,(H,19,20)/t12-/m1/s1. The molecule has 0 aromatic heterocycles. The number of benzene rings is 2. The maximum atomic E-state index is 12.6. The van der Waals surface area contributed by atoms with Gasteiger partial charge in [0.1, 0.15) is 0 Å². The molecule has 2 rings (SSSR count). The molecule has 2 aromatic carbocycles. The van der Waals surface area contributed by atoms with Crippen LogP contribution in [0.25, 0.3) is 0 Å². The molecule has 3 nitrogen and oxygen atoms in total. The van der Waals surface area contributed by atoms with Crippen molar-refractivity contribution in [1.29, 1.82) is 0 Å². The van der Waals surface area contributed by atoms with Crippen LogP contribution >= 0.6 is 23.2 Å². The summed E-state index contributed by atoms with van der Waals surface area (Å²) in [6.45, 7) is 0. The zero-order chi connectivity index (χ0) is 15.4. The van der Waals surface area contributed by atoms with Crippen LogP contribution in [0, 0.1) is 0 Å². The Morgan fingerprint density at radius 1 is 1.00 bits per heavy atom. The molecule has 1 atom stereocenters. The van der Waals surface area contributed by atoms with Crippen LogP contribution in [-0.4, -0.2) is 16.9 Å². The first kappa shape index (κ1) is 15.5. The van der Waals surface area contributed by atoms with E-state index in [0.29, 0.717) is 16.1 Å². The van der Waals surface area contributed by atoms with E-state index in [-0.39, 0.29) is 17.2 Å². The highest BCUT2D eigenvalue weighted by molar-refractivity contribution is 6.42. The van der Waals surface area contributed by atoms with Crippen molar-refractivity contribution in [2.24, 2.45) is 0 Å². The van der Waals surface area contributed by atoms with Crippen molar-refractivity contribution in [3.63, 3.8) is 0 Å². The number of rotatable bonds is 5. The van der Waals surface area contributed by atoms with Gasteiger partial charge in [0.2, 0.25) is 0 Å². The van der Waals surface area contributed by atoms with Gasteiger partial charge in [0, 0.05) is 5.56 Å². The molecule has 0 heterocycles. The van der Waals surface area contributed by atoms with E-state index in [9.17, 15) is 9.59 Å². The first-order chi connectivity index (χ1) is 9.99. The number of carbonyl (C=O) groups is 2. The summed E-state index contributed by atoms with van der Waals surface area (Å²) in [7, 11) is 0. The molecule has 0 spiro atoms. The minimum atomic E-state index is -1.03. The first-order valence-electron chi connectivity index (χ1n) is 6.25. The number of hydrogen-bond acceptors (Lipinski definition) is 2. The fourth-order valence-corrected chi connectivity index (χ4v) is 2.37. The summed E-state index contributed by atoms with van der Waals surface area (Å²) in [5.74, 6) is -2.07. The summed E-state index contributed by atoms with van der Waals surface area (Å²) in [6.07, 6.45) is -0.275. The monoisotopic (exact) mass is 322 g/mol. The fraction of sp³-hybridized carbons (Fsp3) is 0.125. The van der Waals surface area contributed by atoms with E-state index in [4.69, 9.17) is 28.3 Å². The fourth-order valence-electron chi connectivity index (χ4n) is 2.07. The first-order valence-corrected chi connectivity index (χ1v) is 7.00. The average Bonchev–Trinajstić information content (AvgIpc) is 2.47. The van der Waals surface area contributed by atoms with E-state index >= 15 is 0 Å². The Hall–Kier alpha value is -1.84. The number of Topliss-reactive ketones (excluding diaryl/α,β-unsaturated/α-hetero) is 1. The highest BCUT2D eigenvalue weighted by Crippen LogP contribution is 2.28. The molecule has 0 aliphatic carbocycles. The van der Waals surface area contributed by atoms with Gasteiger partial charge in [-0.05, 0) is 23.8 Å². The van der Waals surface area contributed by atoms with E-state index in [1.807, 2.05) is 6.07 Å². The number of aliphatic carboxylic acids is 1. The minimum absolute atomic E-state index is 0.268. The Morgan fingerprint density at radius 2 is 1.67 bits per heavy atom. The second-order valence-corrected chi connectivity index (χ2v) is 5.37. The van der Waals surface area contributed by atoms with Crippen LogP contribution in [0.5, 0.6) is 0 Å². The quantitative estimate of drug-likeness (QED) is 0.828. The molecule has 0 saturated heterocycles. The van der Waals surface area contributed by atoms with Crippen molar-refractivity contribution >= 4 is 35.0 Å². The van der Waals surface area contributed by atoms with Crippen molar-refractivity contribution in [2.75, 3.05) is 0 Å². The Morgan fingerprint density at radius 3 is 2.24 bits per heavy atom. The van der Waals surface area contributed by atoms with Crippen molar-refractivity contribution in [3.05, 3.63) is 69.7 Å². The van der Waals surface area contributed by atoms with Gasteiger partial charge < -0.3 is 5.11 Å². The molecule has 0 radical (unpaired) electrons. The second kappa shape index (κ2) is 6.74. The molecule has 108 valence electrons. The van der Waals surface area contributed by atoms with Crippen LogP contribution in [0.15, 0.2) is 48.5 Å². The van der Waals surface area contributed by atoms with Gasteiger partial charge >= 0.3 is 5.97 Å². The third-order valence-corrected chi connectivity index (χ3v) is 3.84. The SMILES string of the molecule is O=C(O)C[C@@H](C(=O)c1ccc(Cl)c(Cl)c1)c1ccccc1. The van der Waals surface area contributed by atoms with E-state index in [2.05, 4.69) is 0 Å². The van der Waals surface area contributed by atoms with Crippen LogP contribution in [0.1, 0.15) is 28.3 Å². The molecule has 0 aliphatic heterocycles. The molecule has 0 unspecified atom stereocenters. The van der Waals surface area contributed by atoms with Gasteiger partial charge in [-0.25, -0.2) is 0 Å². The maximum absolute atomic E-state index is 12.6. The number of ketones is 1. The van der Waals surface area contributed by atoms with Gasteiger partial charge in [0.15, 0.2) is 5.78 Å². The largest absolute Gasteiger partial charge is 0.481 e. The summed E-state index contributed by atoms with van der Waals surface area (Å²) in [5, 5.41) is 9.66. The maximum Gasteiger partial charge on any atom is 0.304 e. The van der Waals surface area contributed by atoms with E-state index in [0.717, 1.165) is 0 Å². The second-order valence-electron chi connectivity index (χ2n) is 4.55. The van der Waals surface area contributed by atoms with Crippen LogP contribution in [0.3, 0.4) is 0 Å². The van der Waals surface area contributed by atoms with E-state index in [1.54, 1.807) is 30.3 Å². The van der Waals surface area contributed by atoms with Crippen molar-refractivity contribution < 1.29 is 14.7 Å². The van der Waals surface area contributed by atoms with Crippen LogP contribution < -0.4 is 0 Å². The average molecular weight is 323 g/mol. The zero-order valence-electron chi connectivity index (χ0n) is 10.9. The molecular formula is C16H12Cl2O3. The molecule has 5 heteroatoms. The van der Waals surface area contributed by atoms with Crippen LogP contribution in [-0.2, 0) is 4.79 Å². The molecule has 21 heavy (non-hydrogen) atoms. The molecule has 0 aliphatic rings. The van der Waals surface area contributed by atoms with Crippen molar-refractivity contribution in [1.82, 2.24) is 0 Å². The molecule has 1 N–H and O–H groups in total. The number of carboxylic acid groups (broad SMARTS) is 1. The smallest absolute Gasteiger partial charge is 0.304 e. The lowest BCUT2D eigenvalue weighted by molar-refractivity contribution is -0.137. The number of carboxylic acids is 1. The highest BCUT2D eigenvalue weighted by Gasteiger charge is 2.25. The predicted molar refractivity (Wildman–Crippen MR) is 82.2 cm³/mol. The third-order valence-electron chi connectivity index (χ3n) is 3.10. The topological polar surface area (TPSA) is 54.4 Å². The van der Waals surface area contributed by atoms with Gasteiger partial charge in [-0.2, -0.15) is 0 Å². The van der Waals surface area contributed by atoms with Gasteiger partial charge in [0.05, 0.1) is 22.4 Å². The summed E-state index contributed by atoms with van der Waals surface area (Å²) >= 11 is 11.7. The van der Waals surface area contributed by atoms with E-state index < -0.39 is 11.9 Å². The van der Waals surface area contributed by atoms with Gasteiger partial charge in [-0.15, -0.1) is 0 Å². The van der Waals surface area contributed by atoms with E-state index in [1.165, 1.54) is 12.1 Å². The molecule has 0 saturated carbocycles. The number of carbonyl (C=O) groups excluding carboxylic acids is 1. The van der Waals surface area contributed by atoms with Gasteiger partial charge in [-0.1, -0.05) is 53.5 Å². The van der Waals surface area contributed by atoms with Gasteiger partial charge in [-0.3, -0.25) is 9.59 Å². The molecule has 2 aromatic rings. The summed E-state index contributed by atoms with van der Waals surface area (Å²) in [6, 6.07) is 13.4. The van der Waals surface area contributed by atoms with Crippen molar-refractivity contribution in [2.45, 2.75) is 12.3 Å². The number of halogens is 2. The highest BCUT2D eigenvalue weighted by atomic mass is 35.5. The Kier molecular flexibility index (Phi) is 4.99. The normalized spacial score (nSPS) is 11.9. The van der Waals surface area contributed by atoms with Crippen molar-refractivity contribution in [3.8, 4) is 0 Å². The summed E-state index contributed by atoms with van der Waals surface area (Å²) in [4.78, 5) is 23.6. The van der Waals surface area contributed by atoms with Crippen LogP contribution in [0.4, 0.5) is 0 Å². The number of hydrogen-bond donors (Lipinski definition) is 1. The predicted octanol–water partition coefficient (Wildman–Crippen LogP) is 4.43.